The van der Waals surface area contributed by atoms with E-state index in [1.165, 1.54) is 32.2 Å². The largest absolute Gasteiger partial charge is 0.381 e. The number of methoxy groups -OCH3 is 1. The van der Waals surface area contributed by atoms with E-state index < -0.39 is 0 Å². The van der Waals surface area contributed by atoms with Gasteiger partial charge >= 0.3 is 0 Å². The second-order valence-corrected chi connectivity index (χ2v) is 7.07. The molecule has 0 aromatic heterocycles. The Kier molecular flexibility index (Phi) is 5.68. The van der Waals surface area contributed by atoms with Gasteiger partial charge in [0.15, 0.2) is 0 Å². The predicted molar refractivity (Wildman–Crippen MR) is 94.2 cm³/mol. The Bertz CT molecular complexity index is 573. The van der Waals surface area contributed by atoms with Gasteiger partial charge in [-0.25, -0.2) is 0 Å². The van der Waals surface area contributed by atoms with Crippen LogP contribution in [0, 0.1) is 16.0 Å². The number of nitro groups is 1. The van der Waals surface area contributed by atoms with Crippen molar-refractivity contribution in [2.75, 3.05) is 32.1 Å². The van der Waals surface area contributed by atoms with Crippen LogP contribution in [0.2, 0.25) is 0 Å². The molecule has 1 saturated heterocycles. The van der Waals surface area contributed by atoms with Gasteiger partial charge in [-0.3, -0.25) is 10.1 Å². The third-order valence-electron chi connectivity index (χ3n) is 5.22. The first-order chi connectivity index (χ1) is 11.7. The van der Waals surface area contributed by atoms with Crippen LogP contribution in [0.15, 0.2) is 18.2 Å². The van der Waals surface area contributed by atoms with Gasteiger partial charge in [-0.2, -0.15) is 0 Å². The van der Waals surface area contributed by atoms with Crippen molar-refractivity contribution in [3.63, 3.8) is 0 Å². The molecular formula is C18H27N3O3. The standard InChI is InChI=1S/C18H27N3O3/c1-24-13-15-10-17(21(22)23)6-7-18(15)19-16-8-9-20(12-16)11-14-4-2-3-5-14/h6-7,10,14,16,19H,2-5,8-9,11-13H2,1H3. The van der Waals surface area contributed by atoms with Crippen molar-refractivity contribution in [2.24, 2.45) is 5.92 Å². The molecule has 0 bridgehead atoms. The third kappa shape index (κ3) is 4.24. The first-order valence-corrected chi connectivity index (χ1v) is 8.91. The maximum atomic E-state index is 11.0. The summed E-state index contributed by atoms with van der Waals surface area (Å²) in [5, 5.41) is 14.5. The molecule has 0 amide bonds. The van der Waals surface area contributed by atoms with Crippen molar-refractivity contribution >= 4 is 11.4 Å². The lowest BCUT2D eigenvalue weighted by atomic mass is 10.1. The number of nitro benzene ring substituents is 1. The van der Waals surface area contributed by atoms with Gasteiger partial charge in [0.25, 0.3) is 5.69 Å². The topological polar surface area (TPSA) is 67.6 Å². The summed E-state index contributed by atoms with van der Waals surface area (Å²) in [6.45, 7) is 3.80. The maximum Gasteiger partial charge on any atom is 0.269 e. The first-order valence-electron chi connectivity index (χ1n) is 8.91. The Morgan fingerprint density at radius 2 is 2.12 bits per heavy atom. The molecular weight excluding hydrogens is 306 g/mol. The summed E-state index contributed by atoms with van der Waals surface area (Å²) >= 11 is 0. The fourth-order valence-corrected chi connectivity index (χ4v) is 4.00. The number of ether oxygens (including phenoxy) is 1. The number of anilines is 1. The molecule has 0 spiro atoms. The molecule has 1 atom stereocenters. The fraction of sp³-hybridized carbons (Fsp3) is 0.667. The van der Waals surface area contributed by atoms with Gasteiger partial charge in [0.2, 0.25) is 0 Å². The van der Waals surface area contributed by atoms with Crippen molar-refractivity contribution in [3.8, 4) is 0 Å². The van der Waals surface area contributed by atoms with Crippen LogP contribution >= 0.6 is 0 Å². The van der Waals surface area contributed by atoms with Crippen LogP contribution in [0.3, 0.4) is 0 Å². The van der Waals surface area contributed by atoms with Crippen LogP contribution in [-0.2, 0) is 11.3 Å². The molecule has 1 heterocycles. The number of nitrogens with zero attached hydrogens (tertiary/aromatic N) is 2. The summed E-state index contributed by atoms with van der Waals surface area (Å²) in [5.74, 6) is 0.882. The molecule has 24 heavy (non-hydrogen) atoms. The van der Waals surface area contributed by atoms with E-state index in [2.05, 4.69) is 10.2 Å². The van der Waals surface area contributed by atoms with E-state index in [1.54, 1.807) is 19.2 Å². The van der Waals surface area contributed by atoms with E-state index in [-0.39, 0.29) is 10.6 Å². The van der Waals surface area contributed by atoms with Crippen molar-refractivity contribution in [1.29, 1.82) is 0 Å². The summed E-state index contributed by atoms with van der Waals surface area (Å²) in [6.07, 6.45) is 6.67. The first kappa shape index (κ1) is 17.2. The molecule has 6 heteroatoms. The Morgan fingerprint density at radius 1 is 1.33 bits per heavy atom. The molecule has 132 valence electrons. The second kappa shape index (κ2) is 7.94. The zero-order chi connectivity index (χ0) is 16.9. The Labute approximate surface area is 143 Å². The quantitative estimate of drug-likeness (QED) is 0.612. The van der Waals surface area contributed by atoms with Crippen molar-refractivity contribution in [3.05, 3.63) is 33.9 Å². The average molecular weight is 333 g/mol. The van der Waals surface area contributed by atoms with Crippen molar-refractivity contribution in [1.82, 2.24) is 4.90 Å². The van der Waals surface area contributed by atoms with E-state index >= 15 is 0 Å². The van der Waals surface area contributed by atoms with Crippen LogP contribution in [0.4, 0.5) is 11.4 Å². The predicted octanol–water partition coefficient (Wildman–Crippen LogP) is 3.42. The van der Waals surface area contributed by atoms with Crippen molar-refractivity contribution < 1.29 is 9.66 Å². The summed E-state index contributed by atoms with van der Waals surface area (Å²) in [5.41, 5.74) is 1.91. The Morgan fingerprint density at radius 3 is 2.83 bits per heavy atom. The molecule has 2 fully saturated rings. The summed E-state index contributed by atoms with van der Waals surface area (Å²) in [7, 11) is 1.61. The highest BCUT2D eigenvalue weighted by Gasteiger charge is 2.26. The van der Waals surface area contributed by atoms with Crippen LogP contribution in [0.25, 0.3) is 0 Å². The minimum absolute atomic E-state index is 0.113. The van der Waals surface area contributed by atoms with E-state index in [4.69, 9.17) is 4.74 Å². The molecule has 1 aliphatic carbocycles. The molecule has 1 unspecified atom stereocenters. The number of nitrogens with one attached hydrogen (secondary N) is 1. The third-order valence-corrected chi connectivity index (χ3v) is 5.22. The van der Waals surface area contributed by atoms with E-state index in [9.17, 15) is 10.1 Å². The van der Waals surface area contributed by atoms with E-state index in [0.29, 0.717) is 12.6 Å². The van der Waals surface area contributed by atoms with Gasteiger partial charge in [0, 0.05) is 56.2 Å². The lowest BCUT2D eigenvalue weighted by Gasteiger charge is -2.21. The van der Waals surface area contributed by atoms with Gasteiger partial charge in [0.05, 0.1) is 11.5 Å². The molecule has 1 aliphatic heterocycles. The fourth-order valence-electron chi connectivity index (χ4n) is 4.00. The Hall–Kier alpha value is -1.66. The zero-order valence-corrected chi connectivity index (χ0v) is 14.4. The number of hydrogen-bond acceptors (Lipinski definition) is 5. The van der Waals surface area contributed by atoms with Gasteiger partial charge in [-0.1, -0.05) is 12.8 Å². The molecule has 1 aromatic rings. The Balaban J connectivity index is 1.60. The van der Waals surface area contributed by atoms with Gasteiger partial charge in [-0.05, 0) is 31.2 Å². The van der Waals surface area contributed by atoms with Crippen LogP contribution in [0.5, 0.6) is 0 Å². The summed E-state index contributed by atoms with van der Waals surface area (Å²) in [4.78, 5) is 13.2. The zero-order valence-electron chi connectivity index (χ0n) is 14.4. The van der Waals surface area contributed by atoms with Gasteiger partial charge in [-0.15, -0.1) is 0 Å². The molecule has 0 radical (unpaired) electrons. The van der Waals surface area contributed by atoms with Crippen LogP contribution in [-0.4, -0.2) is 42.6 Å². The highest BCUT2D eigenvalue weighted by molar-refractivity contribution is 5.56. The highest BCUT2D eigenvalue weighted by atomic mass is 16.6. The molecule has 1 aromatic carbocycles. The summed E-state index contributed by atoms with van der Waals surface area (Å²) in [6, 6.07) is 5.39. The van der Waals surface area contributed by atoms with Gasteiger partial charge in [0.1, 0.15) is 0 Å². The SMILES string of the molecule is COCc1cc([N+](=O)[O-])ccc1NC1CCN(CC2CCCC2)C1. The number of non-ortho nitro benzene ring substituents is 1. The normalized spacial score (nSPS) is 22.1. The van der Waals surface area contributed by atoms with Crippen molar-refractivity contribution in [2.45, 2.75) is 44.8 Å². The lowest BCUT2D eigenvalue weighted by molar-refractivity contribution is -0.384. The molecule has 1 N–H and O–H groups in total. The number of rotatable bonds is 7. The minimum atomic E-state index is -0.359. The lowest BCUT2D eigenvalue weighted by Crippen LogP contribution is -2.30. The smallest absolute Gasteiger partial charge is 0.269 e. The monoisotopic (exact) mass is 333 g/mol. The highest BCUT2D eigenvalue weighted by Crippen LogP contribution is 2.28. The average Bonchev–Trinajstić information content (AvgIpc) is 3.22. The molecule has 2 aliphatic rings. The number of hydrogen-bond donors (Lipinski definition) is 1. The van der Waals surface area contributed by atoms with E-state index in [0.717, 1.165) is 36.7 Å². The molecule has 6 nitrogen and oxygen atoms in total. The maximum absolute atomic E-state index is 11.0. The minimum Gasteiger partial charge on any atom is -0.381 e. The van der Waals surface area contributed by atoms with Crippen LogP contribution in [0.1, 0.15) is 37.7 Å². The summed E-state index contributed by atoms with van der Waals surface area (Å²) < 4.78 is 5.20. The second-order valence-electron chi connectivity index (χ2n) is 7.07. The molecule has 1 saturated carbocycles. The molecule has 3 rings (SSSR count). The number of likely N-dealkylation sites (tertiary alicyclic amines) is 1. The van der Waals surface area contributed by atoms with Gasteiger partial charge < -0.3 is 15.0 Å². The van der Waals surface area contributed by atoms with Crippen LogP contribution < -0.4 is 5.32 Å². The number of benzene rings is 1. The van der Waals surface area contributed by atoms with E-state index in [1.807, 2.05) is 6.07 Å².